The fourth-order valence-electron chi connectivity index (χ4n) is 1.11. The first-order valence-electron chi connectivity index (χ1n) is 4.25. The van der Waals surface area contributed by atoms with E-state index in [-0.39, 0.29) is 0 Å². The lowest BCUT2D eigenvalue weighted by Gasteiger charge is -2.19. The first-order chi connectivity index (χ1) is 6.63. The van der Waals surface area contributed by atoms with Gasteiger partial charge in [-0.05, 0) is 6.92 Å². The molecule has 1 N–H and O–H groups in total. The van der Waals surface area contributed by atoms with Gasteiger partial charge < -0.3 is 10.0 Å². The molecule has 0 aliphatic heterocycles. The molecule has 0 fully saturated rings. The van der Waals surface area contributed by atoms with Crippen LogP contribution < -0.4 is 4.90 Å². The number of hydrogen-bond acceptors (Lipinski definition) is 5. The zero-order valence-electron chi connectivity index (χ0n) is 8.18. The summed E-state index contributed by atoms with van der Waals surface area (Å²) in [5.41, 5.74) is 0.326. The van der Waals surface area contributed by atoms with Crippen LogP contribution in [0.4, 0.5) is 5.82 Å². The van der Waals surface area contributed by atoms with E-state index in [1.165, 1.54) is 6.33 Å². The first-order valence-corrected chi connectivity index (χ1v) is 4.25. The molecule has 0 saturated carbocycles. The van der Waals surface area contributed by atoms with Gasteiger partial charge >= 0.3 is 0 Å². The summed E-state index contributed by atoms with van der Waals surface area (Å²) in [5.74, 6) is 0.637. The third kappa shape index (κ3) is 2.68. The van der Waals surface area contributed by atoms with E-state index >= 15 is 0 Å². The molecule has 0 bridgehead atoms. The number of nitrogens with zero attached hydrogens (tertiary/aromatic N) is 4. The van der Waals surface area contributed by atoms with Gasteiger partial charge in [-0.3, -0.25) is 0 Å². The average Bonchev–Trinajstić information content (AvgIpc) is 2.17. The van der Waals surface area contributed by atoms with Gasteiger partial charge in [-0.15, -0.1) is 0 Å². The topological polar surface area (TPSA) is 73.0 Å². The Morgan fingerprint density at radius 1 is 1.64 bits per heavy atom. The highest BCUT2D eigenvalue weighted by Crippen LogP contribution is 2.08. The molecule has 5 nitrogen and oxygen atoms in total. The van der Waals surface area contributed by atoms with Crippen molar-refractivity contribution in [2.24, 2.45) is 0 Å². The van der Waals surface area contributed by atoms with Crippen molar-refractivity contribution >= 4 is 5.82 Å². The van der Waals surface area contributed by atoms with Crippen LogP contribution in [0.25, 0.3) is 0 Å². The molecule has 1 heterocycles. The number of rotatable bonds is 3. The molecule has 0 saturated heterocycles. The maximum absolute atomic E-state index is 9.16. The lowest BCUT2D eigenvalue weighted by molar-refractivity contribution is 0.201. The highest BCUT2D eigenvalue weighted by Gasteiger charge is 2.06. The molecule has 0 aliphatic carbocycles. The van der Waals surface area contributed by atoms with Crippen molar-refractivity contribution in [3.05, 3.63) is 18.1 Å². The van der Waals surface area contributed by atoms with Gasteiger partial charge in [-0.2, -0.15) is 5.26 Å². The van der Waals surface area contributed by atoms with E-state index in [1.807, 2.05) is 6.07 Å². The van der Waals surface area contributed by atoms with Gasteiger partial charge in [0.2, 0.25) is 0 Å². The Morgan fingerprint density at radius 3 is 2.93 bits per heavy atom. The number of aromatic nitrogens is 2. The van der Waals surface area contributed by atoms with E-state index in [9.17, 15) is 0 Å². The molecule has 0 spiro atoms. The van der Waals surface area contributed by atoms with E-state index in [2.05, 4.69) is 9.97 Å². The van der Waals surface area contributed by atoms with Crippen LogP contribution in [-0.2, 0) is 0 Å². The number of aliphatic hydroxyl groups is 1. The summed E-state index contributed by atoms with van der Waals surface area (Å²) in [7, 11) is 1.80. The first kappa shape index (κ1) is 10.4. The summed E-state index contributed by atoms with van der Waals surface area (Å²) in [6, 6.07) is 3.52. The zero-order valence-corrected chi connectivity index (χ0v) is 8.18. The van der Waals surface area contributed by atoms with Crippen LogP contribution in [0, 0.1) is 11.3 Å². The molecule has 0 radical (unpaired) electrons. The summed E-state index contributed by atoms with van der Waals surface area (Å²) in [5, 5.41) is 17.8. The molecule has 0 amide bonds. The SMILES string of the molecule is CC(O)CN(C)c1cc(C#N)ncn1. The fourth-order valence-corrected chi connectivity index (χ4v) is 1.11. The number of aliphatic hydroxyl groups excluding tert-OH is 1. The van der Waals surface area contributed by atoms with Gasteiger partial charge in [0, 0.05) is 19.7 Å². The van der Waals surface area contributed by atoms with E-state index in [1.54, 1.807) is 24.9 Å². The second-order valence-electron chi connectivity index (χ2n) is 3.10. The van der Waals surface area contributed by atoms with Gasteiger partial charge in [0.25, 0.3) is 0 Å². The number of anilines is 1. The van der Waals surface area contributed by atoms with Gasteiger partial charge in [0.1, 0.15) is 23.9 Å². The Labute approximate surface area is 82.6 Å². The van der Waals surface area contributed by atoms with Crippen LogP contribution in [0.2, 0.25) is 0 Å². The largest absolute Gasteiger partial charge is 0.392 e. The maximum atomic E-state index is 9.16. The number of nitriles is 1. The van der Waals surface area contributed by atoms with Crippen molar-refractivity contribution in [2.75, 3.05) is 18.5 Å². The van der Waals surface area contributed by atoms with E-state index in [0.29, 0.717) is 18.1 Å². The Bertz CT molecular complexity index is 345. The van der Waals surface area contributed by atoms with Crippen molar-refractivity contribution in [3.63, 3.8) is 0 Å². The van der Waals surface area contributed by atoms with E-state index < -0.39 is 6.10 Å². The van der Waals surface area contributed by atoms with Crippen LogP contribution >= 0.6 is 0 Å². The summed E-state index contributed by atoms with van der Waals surface area (Å²) in [6.45, 7) is 2.17. The molecule has 1 aromatic rings. The van der Waals surface area contributed by atoms with E-state index in [0.717, 1.165) is 0 Å². The Kier molecular flexibility index (Phi) is 3.37. The molecule has 14 heavy (non-hydrogen) atoms. The van der Waals surface area contributed by atoms with Crippen LogP contribution in [0.5, 0.6) is 0 Å². The normalized spacial score (nSPS) is 11.9. The molecular formula is C9H12N4O. The zero-order chi connectivity index (χ0) is 10.6. The van der Waals surface area contributed by atoms with Gasteiger partial charge in [0.05, 0.1) is 6.10 Å². The highest BCUT2D eigenvalue weighted by molar-refractivity contribution is 5.40. The third-order valence-electron chi connectivity index (χ3n) is 1.70. The van der Waals surface area contributed by atoms with Crippen LogP contribution in [0.1, 0.15) is 12.6 Å². The Morgan fingerprint density at radius 2 is 2.36 bits per heavy atom. The summed E-state index contributed by atoms with van der Waals surface area (Å²) in [6.07, 6.45) is 0.910. The molecule has 0 aromatic carbocycles. The summed E-state index contributed by atoms with van der Waals surface area (Å²) < 4.78 is 0. The molecular weight excluding hydrogens is 180 g/mol. The lowest BCUT2D eigenvalue weighted by Crippen LogP contribution is -2.27. The van der Waals surface area contributed by atoms with Crippen molar-refractivity contribution in [3.8, 4) is 6.07 Å². The Hall–Kier alpha value is -1.67. The maximum Gasteiger partial charge on any atom is 0.145 e. The molecule has 1 atom stereocenters. The minimum absolute atomic E-state index is 0.326. The van der Waals surface area contributed by atoms with Gasteiger partial charge in [0.15, 0.2) is 0 Å². The van der Waals surface area contributed by atoms with Crippen LogP contribution in [0.3, 0.4) is 0 Å². The smallest absolute Gasteiger partial charge is 0.145 e. The fraction of sp³-hybridized carbons (Fsp3) is 0.444. The van der Waals surface area contributed by atoms with Crippen molar-refractivity contribution in [2.45, 2.75) is 13.0 Å². The standard InChI is InChI=1S/C9H12N4O/c1-7(14)5-13(2)9-3-8(4-10)11-6-12-9/h3,6-7,14H,5H2,1-2H3. The predicted octanol–water partition coefficient (Wildman–Crippen LogP) is 0.165. The molecule has 74 valence electrons. The molecule has 1 aromatic heterocycles. The quantitative estimate of drug-likeness (QED) is 0.738. The highest BCUT2D eigenvalue weighted by atomic mass is 16.3. The van der Waals surface area contributed by atoms with Crippen LogP contribution in [0.15, 0.2) is 12.4 Å². The molecule has 1 unspecified atom stereocenters. The monoisotopic (exact) mass is 192 g/mol. The second kappa shape index (κ2) is 4.53. The summed E-state index contributed by atoms with van der Waals surface area (Å²) >= 11 is 0. The Balaban J connectivity index is 2.80. The van der Waals surface area contributed by atoms with Crippen LogP contribution in [-0.4, -0.2) is 34.8 Å². The second-order valence-corrected chi connectivity index (χ2v) is 3.10. The molecule has 5 heteroatoms. The summed E-state index contributed by atoms with van der Waals surface area (Å²) in [4.78, 5) is 9.52. The van der Waals surface area contributed by atoms with Crippen molar-refractivity contribution < 1.29 is 5.11 Å². The number of likely N-dealkylation sites (N-methyl/N-ethyl adjacent to an activating group) is 1. The molecule has 0 aliphatic rings. The minimum Gasteiger partial charge on any atom is -0.392 e. The number of hydrogen-bond donors (Lipinski definition) is 1. The third-order valence-corrected chi connectivity index (χ3v) is 1.70. The average molecular weight is 192 g/mol. The van der Waals surface area contributed by atoms with E-state index in [4.69, 9.17) is 10.4 Å². The van der Waals surface area contributed by atoms with Gasteiger partial charge in [-0.25, -0.2) is 9.97 Å². The molecule has 1 rings (SSSR count). The predicted molar refractivity (Wildman–Crippen MR) is 51.7 cm³/mol. The van der Waals surface area contributed by atoms with Crippen molar-refractivity contribution in [1.29, 1.82) is 5.26 Å². The van der Waals surface area contributed by atoms with Gasteiger partial charge in [-0.1, -0.05) is 0 Å². The lowest BCUT2D eigenvalue weighted by atomic mass is 10.3. The minimum atomic E-state index is -0.430. The van der Waals surface area contributed by atoms with Crippen molar-refractivity contribution in [1.82, 2.24) is 9.97 Å².